The van der Waals surface area contributed by atoms with Crippen molar-refractivity contribution in [1.82, 2.24) is 19.0 Å². The van der Waals surface area contributed by atoms with Gasteiger partial charge >= 0.3 is 6.18 Å². The molecule has 3 aromatic rings. The maximum atomic E-state index is 13.5. The number of alkyl halides is 3. The molecule has 2 amide bonds. The van der Waals surface area contributed by atoms with Gasteiger partial charge in [-0.2, -0.15) is 18.3 Å². The number of thioether (sulfide) groups is 1. The summed E-state index contributed by atoms with van der Waals surface area (Å²) in [5.41, 5.74) is 0.575. The first kappa shape index (κ1) is 26.1. The highest BCUT2D eigenvalue weighted by Crippen LogP contribution is 2.37. The molecule has 0 aliphatic carbocycles. The maximum absolute atomic E-state index is 13.5. The Morgan fingerprint density at radius 2 is 1.92 bits per heavy atom. The van der Waals surface area contributed by atoms with Gasteiger partial charge in [-0.05, 0) is 66.1 Å². The third kappa shape index (κ3) is 5.39. The van der Waals surface area contributed by atoms with E-state index in [2.05, 4.69) is 5.10 Å². The van der Waals surface area contributed by atoms with Gasteiger partial charge in [-0.3, -0.25) is 24.3 Å². The predicted molar refractivity (Wildman–Crippen MR) is 139 cm³/mol. The van der Waals surface area contributed by atoms with E-state index in [1.807, 2.05) is 4.31 Å². The van der Waals surface area contributed by atoms with Crippen LogP contribution in [-0.2, 0) is 17.5 Å². The standard InChI is InChI=1S/C24H21ClF3N5O2S2/c25-17-3-2-15(19(11-17)24(26,27)28)13-32-20-4-1-14(9-16(20)12-30-32)10-21-22(34)33(23(35)36-21)18-5-7-31(37-29)8-6-18/h1-4,9-12,18H,5-8,13,29H2/b21-10-. The van der Waals surface area contributed by atoms with Crippen LogP contribution in [0.5, 0.6) is 0 Å². The van der Waals surface area contributed by atoms with Crippen molar-refractivity contribution in [1.29, 1.82) is 0 Å². The summed E-state index contributed by atoms with van der Waals surface area (Å²) < 4.78 is 44.0. The quantitative estimate of drug-likeness (QED) is 0.309. The van der Waals surface area contributed by atoms with Gasteiger partial charge in [-0.1, -0.05) is 23.7 Å². The van der Waals surface area contributed by atoms with Crippen LogP contribution in [0.1, 0.15) is 29.5 Å². The van der Waals surface area contributed by atoms with E-state index in [1.165, 1.54) is 33.8 Å². The highest BCUT2D eigenvalue weighted by molar-refractivity contribution is 8.18. The Morgan fingerprint density at radius 3 is 2.62 bits per heavy atom. The Labute approximate surface area is 224 Å². The molecule has 194 valence electrons. The number of halogens is 4. The first-order valence-corrected chi connectivity index (χ1v) is 13.4. The largest absolute Gasteiger partial charge is 0.416 e. The molecular weight excluding hydrogens is 547 g/mol. The lowest BCUT2D eigenvalue weighted by Crippen LogP contribution is -2.45. The fourth-order valence-electron chi connectivity index (χ4n) is 4.58. The number of fused-ring (bicyclic) bond motifs is 1. The molecule has 37 heavy (non-hydrogen) atoms. The molecular formula is C24H21ClF3N5O2S2. The van der Waals surface area contributed by atoms with Crippen LogP contribution in [0.4, 0.5) is 18.0 Å². The molecule has 7 nitrogen and oxygen atoms in total. The van der Waals surface area contributed by atoms with Crippen molar-refractivity contribution in [2.45, 2.75) is 31.6 Å². The smallest absolute Gasteiger partial charge is 0.268 e. The molecule has 2 aromatic carbocycles. The minimum absolute atomic E-state index is 0.00970. The maximum Gasteiger partial charge on any atom is 0.416 e. The molecule has 2 fully saturated rings. The van der Waals surface area contributed by atoms with Gasteiger partial charge in [0.1, 0.15) is 0 Å². The number of aromatic nitrogens is 2. The molecule has 0 radical (unpaired) electrons. The fourth-order valence-corrected chi connectivity index (χ4v) is 6.08. The van der Waals surface area contributed by atoms with E-state index in [0.29, 0.717) is 47.3 Å². The molecule has 1 aromatic heterocycles. The summed E-state index contributed by atoms with van der Waals surface area (Å²) in [7, 11) is 0. The van der Waals surface area contributed by atoms with Crippen molar-refractivity contribution in [3.8, 4) is 0 Å². The van der Waals surface area contributed by atoms with Gasteiger partial charge in [0.2, 0.25) is 0 Å². The molecule has 3 heterocycles. The third-order valence-electron chi connectivity index (χ3n) is 6.42. The number of carbonyl (C=O) groups excluding carboxylic acids is 2. The Bertz CT molecular complexity index is 1400. The van der Waals surface area contributed by atoms with E-state index in [9.17, 15) is 22.8 Å². The van der Waals surface area contributed by atoms with Crippen molar-refractivity contribution in [2.75, 3.05) is 13.1 Å². The molecule has 0 unspecified atom stereocenters. The summed E-state index contributed by atoms with van der Waals surface area (Å²) in [5, 5.41) is 10.3. The van der Waals surface area contributed by atoms with Gasteiger partial charge in [-0.25, -0.2) is 4.31 Å². The first-order valence-electron chi connectivity index (χ1n) is 11.3. The second-order valence-electron chi connectivity index (χ2n) is 8.74. The second kappa shape index (κ2) is 10.3. The Kier molecular flexibility index (Phi) is 7.29. The van der Waals surface area contributed by atoms with Crippen LogP contribution < -0.4 is 5.14 Å². The fraction of sp³-hybridized carbons (Fsp3) is 0.292. The SMILES string of the molecule is NSN1CCC(N2C(=O)S/C(=C\c3ccc4c(cnn4Cc4ccc(Cl)cc4C(F)(F)F)c3)C2=O)CC1. The molecule has 2 N–H and O–H groups in total. The van der Waals surface area contributed by atoms with Crippen LogP contribution in [0.3, 0.4) is 0 Å². The summed E-state index contributed by atoms with van der Waals surface area (Å²) in [6.07, 6.45) is 0.0206. The average Bonchev–Trinajstić information content (AvgIpc) is 3.38. The summed E-state index contributed by atoms with van der Waals surface area (Å²) in [6, 6.07) is 8.80. The lowest BCUT2D eigenvalue weighted by molar-refractivity contribution is -0.138. The Morgan fingerprint density at radius 1 is 1.16 bits per heavy atom. The lowest BCUT2D eigenvalue weighted by Gasteiger charge is -2.33. The number of amides is 2. The molecule has 0 saturated carbocycles. The number of nitrogens with two attached hydrogens (primary N) is 1. The number of piperidine rings is 1. The summed E-state index contributed by atoms with van der Waals surface area (Å²) in [6.45, 7) is 1.32. The molecule has 5 rings (SSSR count). The highest BCUT2D eigenvalue weighted by atomic mass is 35.5. The van der Waals surface area contributed by atoms with E-state index < -0.39 is 11.7 Å². The zero-order valence-electron chi connectivity index (χ0n) is 19.2. The monoisotopic (exact) mass is 567 g/mol. The van der Waals surface area contributed by atoms with Crippen LogP contribution in [0.25, 0.3) is 17.0 Å². The lowest BCUT2D eigenvalue weighted by atomic mass is 10.1. The van der Waals surface area contributed by atoms with Crippen LogP contribution in [0, 0.1) is 0 Å². The van der Waals surface area contributed by atoms with Gasteiger partial charge < -0.3 is 0 Å². The van der Waals surface area contributed by atoms with E-state index in [4.69, 9.17) is 16.7 Å². The average molecular weight is 568 g/mol. The predicted octanol–water partition coefficient (Wildman–Crippen LogP) is 5.78. The van der Waals surface area contributed by atoms with Crippen LogP contribution in [0.2, 0.25) is 5.02 Å². The van der Waals surface area contributed by atoms with Crippen LogP contribution in [0.15, 0.2) is 47.5 Å². The number of rotatable bonds is 5. The van der Waals surface area contributed by atoms with Gasteiger partial charge in [0, 0.05) is 41.7 Å². The molecule has 2 aliphatic heterocycles. The van der Waals surface area contributed by atoms with Crippen LogP contribution in [-0.4, -0.2) is 49.3 Å². The topological polar surface area (TPSA) is 84.5 Å². The molecule has 2 aliphatic rings. The molecule has 0 atom stereocenters. The van der Waals surface area contributed by atoms with Crippen molar-refractivity contribution in [3.63, 3.8) is 0 Å². The van der Waals surface area contributed by atoms with Gasteiger partial charge in [0.15, 0.2) is 0 Å². The van der Waals surface area contributed by atoms with E-state index in [0.717, 1.165) is 17.8 Å². The number of carbonyl (C=O) groups is 2. The highest BCUT2D eigenvalue weighted by Gasteiger charge is 2.41. The molecule has 0 spiro atoms. The van der Waals surface area contributed by atoms with Crippen LogP contribution >= 0.6 is 35.5 Å². The Hall–Kier alpha value is -2.51. The zero-order chi connectivity index (χ0) is 26.3. The minimum atomic E-state index is -4.54. The molecule has 0 bridgehead atoms. The van der Waals surface area contributed by atoms with Gasteiger partial charge in [0.05, 0.1) is 28.7 Å². The summed E-state index contributed by atoms with van der Waals surface area (Å²) >= 11 is 7.86. The van der Waals surface area contributed by atoms with Crippen molar-refractivity contribution in [3.05, 3.63) is 69.2 Å². The van der Waals surface area contributed by atoms with E-state index in [-0.39, 0.29) is 34.3 Å². The van der Waals surface area contributed by atoms with Crippen molar-refractivity contribution < 1.29 is 22.8 Å². The number of nitrogens with zero attached hydrogens (tertiary/aromatic N) is 4. The normalized spacial score (nSPS) is 19.1. The van der Waals surface area contributed by atoms with E-state index in [1.54, 1.807) is 30.5 Å². The summed E-state index contributed by atoms with van der Waals surface area (Å²) in [4.78, 5) is 27.3. The number of benzene rings is 2. The third-order valence-corrected chi connectivity index (χ3v) is 8.20. The minimum Gasteiger partial charge on any atom is -0.268 e. The summed E-state index contributed by atoms with van der Waals surface area (Å²) in [5.74, 6) is -0.313. The number of hydrogen-bond acceptors (Lipinski definition) is 7. The second-order valence-corrected chi connectivity index (χ2v) is 10.9. The zero-order valence-corrected chi connectivity index (χ0v) is 21.6. The van der Waals surface area contributed by atoms with Crippen molar-refractivity contribution >= 4 is 63.6 Å². The number of imide groups is 1. The Balaban J connectivity index is 1.36. The van der Waals surface area contributed by atoms with E-state index >= 15 is 0 Å². The first-order chi connectivity index (χ1) is 17.6. The van der Waals surface area contributed by atoms with Crippen molar-refractivity contribution in [2.24, 2.45) is 5.14 Å². The van der Waals surface area contributed by atoms with Gasteiger partial charge in [0.25, 0.3) is 11.1 Å². The number of hydrogen-bond donors (Lipinski definition) is 1. The van der Waals surface area contributed by atoms with Gasteiger partial charge in [-0.15, -0.1) is 0 Å². The molecule has 2 saturated heterocycles. The molecule has 13 heteroatoms.